The molecule has 1 aromatic carbocycles. The lowest BCUT2D eigenvalue weighted by Gasteiger charge is -2.25. The average Bonchev–Trinajstić information content (AvgIpc) is 2.56. The van der Waals surface area contributed by atoms with Crippen molar-refractivity contribution >= 4 is 21.2 Å². The highest BCUT2D eigenvalue weighted by Crippen LogP contribution is 2.28. The average molecular weight is 265 g/mol. The zero-order valence-electron chi connectivity index (χ0n) is 10.1. The number of benzene rings is 1. The molecule has 3 N–H and O–H groups in total. The van der Waals surface area contributed by atoms with Crippen molar-refractivity contribution in [2.45, 2.75) is 18.9 Å². The number of nitrogens with two attached hydrogens (primary N) is 1. The Hall–Kier alpha value is -1.74. The number of sulfone groups is 1. The molecule has 1 atom stereocenters. The van der Waals surface area contributed by atoms with Crippen molar-refractivity contribution in [2.75, 3.05) is 22.6 Å². The van der Waals surface area contributed by atoms with E-state index in [9.17, 15) is 8.42 Å². The van der Waals surface area contributed by atoms with Gasteiger partial charge in [-0.1, -0.05) is 0 Å². The molecule has 5 nitrogen and oxygen atoms in total. The molecule has 0 aromatic heterocycles. The molecule has 18 heavy (non-hydrogen) atoms. The van der Waals surface area contributed by atoms with E-state index in [4.69, 9.17) is 11.0 Å². The van der Waals surface area contributed by atoms with Gasteiger partial charge in [-0.25, -0.2) is 8.42 Å². The second kappa shape index (κ2) is 4.18. The van der Waals surface area contributed by atoms with Gasteiger partial charge in [0.05, 0.1) is 17.1 Å². The number of anilines is 2. The summed E-state index contributed by atoms with van der Waals surface area (Å²) in [5.74, 6) is 0.322. The highest BCUT2D eigenvalue weighted by molar-refractivity contribution is 7.91. The second-order valence-corrected chi connectivity index (χ2v) is 7.13. The Kier molecular flexibility index (Phi) is 2.95. The zero-order valence-corrected chi connectivity index (χ0v) is 10.9. The van der Waals surface area contributed by atoms with Crippen LogP contribution < -0.4 is 11.1 Å². The van der Waals surface area contributed by atoms with Crippen LogP contribution in [0, 0.1) is 11.3 Å². The van der Waals surface area contributed by atoms with Crippen molar-refractivity contribution < 1.29 is 8.42 Å². The smallest absolute Gasteiger partial charge is 0.152 e. The lowest BCUT2D eigenvalue weighted by molar-refractivity contribution is 0.574. The quantitative estimate of drug-likeness (QED) is 0.781. The molecule has 2 rings (SSSR count). The fraction of sp³-hybridized carbons (Fsp3) is 0.417. The summed E-state index contributed by atoms with van der Waals surface area (Å²) in [7, 11) is -2.95. The molecule has 1 aliphatic heterocycles. The van der Waals surface area contributed by atoms with Crippen LogP contribution in [0.1, 0.15) is 18.9 Å². The van der Waals surface area contributed by atoms with Gasteiger partial charge in [-0.2, -0.15) is 5.26 Å². The summed E-state index contributed by atoms with van der Waals surface area (Å²) in [5.41, 5.74) is 6.71. The Morgan fingerprint density at radius 3 is 2.78 bits per heavy atom. The first kappa shape index (κ1) is 12.7. The van der Waals surface area contributed by atoms with E-state index in [1.54, 1.807) is 18.2 Å². The maximum absolute atomic E-state index is 11.5. The number of nitrogen functional groups attached to an aromatic ring is 1. The van der Waals surface area contributed by atoms with Crippen LogP contribution in [0.15, 0.2) is 18.2 Å². The van der Waals surface area contributed by atoms with Crippen LogP contribution in [-0.2, 0) is 9.84 Å². The van der Waals surface area contributed by atoms with Crippen molar-refractivity contribution in [1.82, 2.24) is 0 Å². The lowest BCUT2D eigenvalue weighted by atomic mass is 10.0. The fourth-order valence-electron chi connectivity index (χ4n) is 2.19. The normalized spacial score (nSPS) is 25.6. The Balaban J connectivity index is 2.23. The standard InChI is InChI=1S/C12H15N3O2S/c1-12(4-5-18(16,17)8-12)15-10-2-3-11(14)9(6-10)7-13/h2-3,6,15H,4-5,8,14H2,1H3. The molecule has 6 heteroatoms. The van der Waals surface area contributed by atoms with Crippen molar-refractivity contribution in [2.24, 2.45) is 0 Å². The van der Waals surface area contributed by atoms with Crippen LogP contribution in [-0.4, -0.2) is 25.5 Å². The van der Waals surface area contributed by atoms with Gasteiger partial charge >= 0.3 is 0 Å². The van der Waals surface area contributed by atoms with Crippen molar-refractivity contribution in [1.29, 1.82) is 5.26 Å². The summed E-state index contributed by atoms with van der Waals surface area (Å²) in [6.07, 6.45) is 0.571. The summed E-state index contributed by atoms with van der Waals surface area (Å²) < 4.78 is 23.0. The van der Waals surface area contributed by atoms with E-state index in [-0.39, 0.29) is 11.5 Å². The molecule has 1 saturated heterocycles. The Bertz CT molecular complexity index is 619. The Morgan fingerprint density at radius 2 is 2.22 bits per heavy atom. The number of nitriles is 1. The van der Waals surface area contributed by atoms with Gasteiger partial charge in [0.2, 0.25) is 0 Å². The van der Waals surface area contributed by atoms with Crippen LogP contribution in [0.25, 0.3) is 0 Å². The molecule has 96 valence electrons. The van der Waals surface area contributed by atoms with Gasteiger partial charge in [0.25, 0.3) is 0 Å². The van der Waals surface area contributed by atoms with Gasteiger partial charge in [-0.15, -0.1) is 0 Å². The number of hydrogen-bond acceptors (Lipinski definition) is 5. The summed E-state index contributed by atoms with van der Waals surface area (Å²) in [5, 5.41) is 12.1. The third kappa shape index (κ3) is 2.57. The largest absolute Gasteiger partial charge is 0.398 e. The van der Waals surface area contributed by atoms with Gasteiger partial charge in [-0.05, 0) is 31.5 Å². The SMILES string of the molecule is CC1(Nc2ccc(N)c(C#N)c2)CCS(=O)(=O)C1. The summed E-state index contributed by atoms with van der Waals surface area (Å²) in [6, 6.07) is 7.05. The molecule has 1 heterocycles. The molecule has 1 aromatic rings. The van der Waals surface area contributed by atoms with Crippen LogP contribution in [0.5, 0.6) is 0 Å². The summed E-state index contributed by atoms with van der Waals surface area (Å²) in [4.78, 5) is 0. The van der Waals surface area contributed by atoms with Crippen LogP contribution in [0.3, 0.4) is 0 Å². The van der Waals surface area contributed by atoms with Crippen LogP contribution in [0.4, 0.5) is 11.4 Å². The van der Waals surface area contributed by atoms with E-state index in [1.807, 2.05) is 13.0 Å². The topological polar surface area (TPSA) is 96.0 Å². The highest BCUT2D eigenvalue weighted by Gasteiger charge is 2.38. The third-order valence-electron chi connectivity index (χ3n) is 3.12. The first-order chi connectivity index (χ1) is 8.34. The van der Waals surface area contributed by atoms with Crippen molar-refractivity contribution in [3.63, 3.8) is 0 Å². The monoisotopic (exact) mass is 265 g/mol. The minimum absolute atomic E-state index is 0.117. The number of nitrogens with zero attached hydrogens (tertiary/aromatic N) is 1. The first-order valence-corrected chi connectivity index (χ1v) is 7.44. The maximum atomic E-state index is 11.5. The maximum Gasteiger partial charge on any atom is 0.152 e. The van der Waals surface area contributed by atoms with Gasteiger partial charge in [0, 0.05) is 16.9 Å². The zero-order chi connectivity index (χ0) is 13.4. The number of nitrogens with one attached hydrogen (secondary N) is 1. The molecule has 0 amide bonds. The summed E-state index contributed by atoms with van der Waals surface area (Å²) in [6.45, 7) is 1.87. The van der Waals surface area contributed by atoms with Crippen molar-refractivity contribution in [3.05, 3.63) is 23.8 Å². The minimum Gasteiger partial charge on any atom is -0.398 e. The third-order valence-corrected chi connectivity index (χ3v) is 5.03. The molecule has 0 aliphatic carbocycles. The predicted molar refractivity (Wildman–Crippen MR) is 70.9 cm³/mol. The first-order valence-electron chi connectivity index (χ1n) is 5.62. The van der Waals surface area contributed by atoms with Gasteiger partial charge in [0.1, 0.15) is 6.07 Å². The van der Waals surface area contributed by atoms with E-state index in [2.05, 4.69) is 5.32 Å². The molecule has 0 radical (unpaired) electrons. The number of rotatable bonds is 2. The Labute approximate surface area is 107 Å². The van der Waals surface area contributed by atoms with Gasteiger partial charge < -0.3 is 11.1 Å². The van der Waals surface area contributed by atoms with Crippen LogP contribution >= 0.6 is 0 Å². The molecule has 0 saturated carbocycles. The minimum atomic E-state index is -2.95. The number of hydrogen-bond donors (Lipinski definition) is 2. The van der Waals surface area contributed by atoms with E-state index >= 15 is 0 Å². The Morgan fingerprint density at radius 1 is 1.50 bits per heavy atom. The van der Waals surface area contributed by atoms with Gasteiger partial charge in [0.15, 0.2) is 9.84 Å². The summed E-state index contributed by atoms with van der Waals surface area (Å²) >= 11 is 0. The van der Waals surface area contributed by atoms with E-state index in [0.717, 1.165) is 5.69 Å². The molecular weight excluding hydrogens is 250 g/mol. The molecule has 1 fully saturated rings. The molecular formula is C12H15N3O2S. The van der Waals surface area contributed by atoms with Crippen LogP contribution in [0.2, 0.25) is 0 Å². The molecule has 1 unspecified atom stereocenters. The van der Waals surface area contributed by atoms with E-state index in [1.165, 1.54) is 0 Å². The predicted octanol–water partition coefficient (Wildman–Crippen LogP) is 1.13. The van der Waals surface area contributed by atoms with Gasteiger partial charge in [-0.3, -0.25) is 0 Å². The highest BCUT2D eigenvalue weighted by atomic mass is 32.2. The lowest BCUT2D eigenvalue weighted by Crippen LogP contribution is -2.35. The van der Waals surface area contributed by atoms with E-state index < -0.39 is 15.4 Å². The van der Waals surface area contributed by atoms with Crippen molar-refractivity contribution in [3.8, 4) is 6.07 Å². The fourth-order valence-corrected chi connectivity index (χ4v) is 4.28. The second-order valence-electron chi connectivity index (χ2n) is 4.94. The van der Waals surface area contributed by atoms with E-state index in [0.29, 0.717) is 17.7 Å². The molecule has 0 bridgehead atoms. The molecule has 1 aliphatic rings. The molecule has 0 spiro atoms.